The zero-order valence-corrected chi connectivity index (χ0v) is 20.7. The molecule has 3 heterocycles. The molecule has 2 aliphatic rings. The largest absolute Gasteiger partial charge is 0.490 e. The number of fused-ring (bicyclic) bond motifs is 2. The van der Waals surface area contributed by atoms with Crippen molar-refractivity contribution in [1.82, 2.24) is 9.47 Å². The van der Waals surface area contributed by atoms with Crippen LogP contribution in [-0.4, -0.2) is 39.9 Å². The second kappa shape index (κ2) is 9.38. The molecule has 1 saturated heterocycles. The lowest BCUT2D eigenvalue weighted by molar-refractivity contribution is 0.0794. The Morgan fingerprint density at radius 1 is 0.971 bits per heavy atom. The Kier molecular flexibility index (Phi) is 6.12. The SMILES string of the molecule is OC1CCN(Cc2cn(Cc3ccc(Cl)s3)c3ccc(OC4Cc5ccccc5C4)cc23)CC1. The Hall–Kier alpha value is -2.31. The van der Waals surface area contributed by atoms with Crippen molar-refractivity contribution in [3.8, 4) is 5.75 Å². The van der Waals surface area contributed by atoms with Crippen molar-refractivity contribution in [1.29, 1.82) is 0 Å². The fourth-order valence-electron chi connectivity index (χ4n) is 5.40. The van der Waals surface area contributed by atoms with Crippen LogP contribution in [0.1, 0.15) is 34.4 Å². The maximum Gasteiger partial charge on any atom is 0.120 e. The minimum Gasteiger partial charge on any atom is -0.490 e. The molecule has 6 heteroatoms. The fraction of sp³-hybridized carbons (Fsp3) is 0.357. The van der Waals surface area contributed by atoms with Gasteiger partial charge in [-0.15, -0.1) is 11.3 Å². The predicted molar refractivity (Wildman–Crippen MR) is 139 cm³/mol. The average Bonchev–Trinajstić information content (AvgIpc) is 3.52. The van der Waals surface area contributed by atoms with Crippen molar-refractivity contribution < 1.29 is 9.84 Å². The lowest BCUT2D eigenvalue weighted by Gasteiger charge is -2.29. The molecule has 0 spiro atoms. The number of likely N-dealkylation sites (tertiary alicyclic amines) is 1. The van der Waals surface area contributed by atoms with Crippen molar-refractivity contribution in [2.75, 3.05) is 13.1 Å². The third kappa shape index (κ3) is 4.63. The molecule has 2 aromatic heterocycles. The van der Waals surface area contributed by atoms with Gasteiger partial charge in [-0.25, -0.2) is 0 Å². The van der Waals surface area contributed by atoms with E-state index in [9.17, 15) is 5.11 Å². The second-order valence-corrected chi connectivity index (χ2v) is 11.4. The first-order valence-corrected chi connectivity index (χ1v) is 13.3. The number of thiophene rings is 1. The lowest BCUT2D eigenvalue weighted by Crippen LogP contribution is -2.35. The normalized spacial score (nSPS) is 17.5. The first-order valence-electron chi connectivity index (χ1n) is 12.1. The van der Waals surface area contributed by atoms with Crippen LogP contribution >= 0.6 is 22.9 Å². The summed E-state index contributed by atoms with van der Waals surface area (Å²) in [5.74, 6) is 0.942. The van der Waals surface area contributed by atoms with Crippen molar-refractivity contribution in [3.05, 3.63) is 86.7 Å². The minimum absolute atomic E-state index is 0.156. The van der Waals surface area contributed by atoms with Gasteiger partial charge in [-0.05, 0) is 59.9 Å². The molecule has 1 N–H and O–H groups in total. The maximum atomic E-state index is 9.92. The van der Waals surface area contributed by atoms with Crippen molar-refractivity contribution in [2.45, 2.75) is 51.0 Å². The summed E-state index contributed by atoms with van der Waals surface area (Å²) in [4.78, 5) is 3.70. The molecule has 1 aliphatic carbocycles. The molecule has 176 valence electrons. The average molecular weight is 493 g/mol. The van der Waals surface area contributed by atoms with Crippen LogP contribution in [-0.2, 0) is 25.9 Å². The molecular weight excluding hydrogens is 464 g/mol. The fourth-order valence-corrected chi connectivity index (χ4v) is 6.48. The quantitative estimate of drug-likeness (QED) is 0.363. The minimum atomic E-state index is -0.156. The molecule has 0 unspecified atom stereocenters. The molecule has 0 radical (unpaired) electrons. The second-order valence-electron chi connectivity index (χ2n) is 9.59. The van der Waals surface area contributed by atoms with Crippen LogP contribution in [0.25, 0.3) is 10.9 Å². The highest BCUT2D eigenvalue weighted by Gasteiger charge is 2.23. The standard InChI is InChI=1S/C28H29ClN2O2S/c29-28-8-6-25(34-28)18-31-17-21(16-30-11-9-22(32)10-12-30)26-15-23(5-7-27(26)31)33-24-13-19-3-1-2-4-20(19)14-24/h1-8,15,17,22,24,32H,9-14,16,18H2. The predicted octanol–water partition coefficient (Wildman–Crippen LogP) is 5.91. The van der Waals surface area contributed by atoms with Gasteiger partial charge in [0.05, 0.1) is 17.0 Å². The number of nitrogens with zero attached hydrogens (tertiary/aromatic N) is 2. The topological polar surface area (TPSA) is 37.6 Å². The molecule has 0 saturated carbocycles. The Morgan fingerprint density at radius 2 is 1.74 bits per heavy atom. The number of halogens is 1. The number of aromatic nitrogens is 1. The van der Waals surface area contributed by atoms with Crippen LogP contribution in [0.3, 0.4) is 0 Å². The third-order valence-electron chi connectivity index (χ3n) is 7.16. The zero-order chi connectivity index (χ0) is 23.1. The van der Waals surface area contributed by atoms with E-state index >= 15 is 0 Å². The smallest absolute Gasteiger partial charge is 0.120 e. The number of rotatable bonds is 6. The van der Waals surface area contributed by atoms with Crippen LogP contribution in [0, 0.1) is 0 Å². The van der Waals surface area contributed by atoms with E-state index in [1.54, 1.807) is 11.3 Å². The number of ether oxygens (including phenoxy) is 1. The van der Waals surface area contributed by atoms with Gasteiger partial charge < -0.3 is 14.4 Å². The molecule has 2 aromatic carbocycles. The first kappa shape index (κ1) is 22.2. The summed E-state index contributed by atoms with van der Waals surface area (Å²) in [6.07, 6.45) is 5.97. The van der Waals surface area contributed by atoms with Crippen LogP contribution in [0.2, 0.25) is 4.34 Å². The van der Waals surface area contributed by atoms with Gasteiger partial charge in [0.15, 0.2) is 0 Å². The molecule has 0 amide bonds. The van der Waals surface area contributed by atoms with E-state index in [0.29, 0.717) is 0 Å². The first-order chi connectivity index (χ1) is 16.6. The zero-order valence-electron chi connectivity index (χ0n) is 19.1. The number of aliphatic hydroxyl groups excluding tert-OH is 1. The summed E-state index contributed by atoms with van der Waals surface area (Å²) in [7, 11) is 0. The highest BCUT2D eigenvalue weighted by Crippen LogP contribution is 2.32. The van der Waals surface area contributed by atoms with Gasteiger partial charge in [0.2, 0.25) is 0 Å². The number of aliphatic hydroxyl groups is 1. The van der Waals surface area contributed by atoms with E-state index in [2.05, 4.69) is 64.2 Å². The third-order valence-corrected chi connectivity index (χ3v) is 8.37. The Balaban J connectivity index is 1.28. The van der Waals surface area contributed by atoms with E-state index in [0.717, 1.165) is 61.9 Å². The summed E-state index contributed by atoms with van der Waals surface area (Å²) in [5.41, 5.74) is 5.34. The van der Waals surface area contributed by atoms with E-state index in [1.165, 1.54) is 32.5 Å². The van der Waals surface area contributed by atoms with Crippen molar-refractivity contribution in [2.24, 2.45) is 0 Å². The van der Waals surface area contributed by atoms with E-state index < -0.39 is 0 Å². The van der Waals surface area contributed by atoms with Gasteiger partial charge in [-0.1, -0.05) is 35.9 Å². The number of hydrogen-bond donors (Lipinski definition) is 1. The van der Waals surface area contributed by atoms with Crippen LogP contribution in [0.15, 0.2) is 60.8 Å². The van der Waals surface area contributed by atoms with Gasteiger partial charge in [0.1, 0.15) is 11.9 Å². The highest BCUT2D eigenvalue weighted by atomic mass is 35.5. The summed E-state index contributed by atoms with van der Waals surface area (Å²) < 4.78 is 9.64. The van der Waals surface area contributed by atoms with E-state index in [-0.39, 0.29) is 12.2 Å². The Labute approximate surface area is 209 Å². The maximum absolute atomic E-state index is 9.92. The molecular formula is C28H29ClN2O2S. The summed E-state index contributed by atoms with van der Waals surface area (Å²) in [6.45, 7) is 3.57. The molecule has 0 atom stereocenters. The molecule has 0 bridgehead atoms. The number of hydrogen-bond acceptors (Lipinski definition) is 4. The van der Waals surface area contributed by atoms with Crippen LogP contribution in [0.5, 0.6) is 5.75 Å². The van der Waals surface area contributed by atoms with Crippen molar-refractivity contribution >= 4 is 33.8 Å². The van der Waals surface area contributed by atoms with Gasteiger partial charge in [-0.2, -0.15) is 0 Å². The summed E-state index contributed by atoms with van der Waals surface area (Å²) in [6, 6.07) is 19.3. The number of piperidine rings is 1. The monoisotopic (exact) mass is 492 g/mol. The molecule has 6 rings (SSSR count). The van der Waals surface area contributed by atoms with Crippen LogP contribution in [0.4, 0.5) is 0 Å². The number of benzene rings is 2. The summed E-state index contributed by atoms with van der Waals surface area (Å²) >= 11 is 7.83. The van der Waals surface area contributed by atoms with Gasteiger partial charge >= 0.3 is 0 Å². The Bertz CT molecular complexity index is 1280. The molecule has 1 fully saturated rings. The summed E-state index contributed by atoms with van der Waals surface area (Å²) in [5, 5.41) is 11.2. The molecule has 34 heavy (non-hydrogen) atoms. The van der Waals surface area contributed by atoms with Gasteiger partial charge in [0, 0.05) is 54.5 Å². The van der Waals surface area contributed by atoms with E-state index in [4.69, 9.17) is 16.3 Å². The van der Waals surface area contributed by atoms with Gasteiger partial charge in [-0.3, -0.25) is 4.90 Å². The molecule has 4 aromatic rings. The highest BCUT2D eigenvalue weighted by molar-refractivity contribution is 7.16. The van der Waals surface area contributed by atoms with Crippen LogP contribution < -0.4 is 4.74 Å². The van der Waals surface area contributed by atoms with Gasteiger partial charge in [0.25, 0.3) is 0 Å². The Morgan fingerprint density at radius 3 is 2.44 bits per heavy atom. The molecule has 1 aliphatic heterocycles. The van der Waals surface area contributed by atoms with Crippen molar-refractivity contribution in [3.63, 3.8) is 0 Å². The lowest BCUT2D eigenvalue weighted by atomic mass is 10.1. The van der Waals surface area contributed by atoms with E-state index in [1.807, 2.05) is 6.07 Å². The molecule has 4 nitrogen and oxygen atoms in total.